The van der Waals surface area contributed by atoms with Crippen LogP contribution in [0.1, 0.15) is 40.5 Å². The van der Waals surface area contributed by atoms with Crippen molar-refractivity contribution in [2.45, 2.75) is 46.1 Å². The van der Waals surface area contributed by atoms with E-state index in [0.29, 0.717) is 31.3 Å². The number of amides is 1. The maximum Gasteiger partial charge on any atom is 0.248 e. The first-order valence-corrected chi connectivity index (χ1v) is 9.48. The number of nitrogens with zero attached hydrogens (tertiary/aromatic N) is 6. The Bertz CT molecular complexity index is 942. The Hall–Kier alpha value is -2.99. The number of carbonyl (C=O) groups is 1. The lowest BCUT2D eigenvalue weighted by Crippen LogP contribution is -2.35. The van der Waals surface area contributed by atoms with E-state index in [-0.39, 0.29) is 24.8 Å². The third-order valence-electron chi connectivity index (χ3n) is 5.71. The summed E-state index contributed by atoms with van der Waals surface area (Å²) in [5.41, 5.74) is 5.35. The van der Waals surface area contributed by atoms with Crippen LogP contribution >= 0.6 is 0 Å². The molecular weight excluding hydrogens is 368 g/mol. The predicted molar refractivity (Wildman–Crippen MR) is 110 cm³/mol. The van der Waals surface area contributed by atoms with Crippen LogP contribution in [0.2, 0.25) is 0 Å². The number of hydrogen-bond acceptors (Lipinski definition) is 7. The standard InChI is InChI=1S/C19H24N8O.CH4/c1-18(2,11-20)27-10-14(9-23-27)24-17-22-7-5-15(25-17)26-8-6-19(12-21,16(26)28)13-3-4-13;/h5,7,9-10,13H,3-4,6,8,11,20H2,1-2H3,(H,22,24,25);1H4/t19-;/m1./s1. The molecule has 0 aromatic carbocycles. The minimum absolute atomic E-state index is 0. The van der Waals surface area contributed by atoms with Crippen molar-refractivity contribution in [1.29, 1.82) is 5.26 Å². The minimum atomic E-state index is -0.881. The fraction of sp³-hybridized carbons (Fsp3) is 0.550. The summed E-state index contributed by atoms with van der Waals surface area (Å²) >= 11 is 0. The maximum absolute atomic E-state index is 13.0. The number of nitrogens with two attached hydrogens (primary N) is 1. The zero-order valence-electron chi connectivity index (χ0n) is 16.1. The van der Waals surface area contributed by atoms with E-state index in [9.17, 15) is 10.1 Å². The summed E-state index contributed by atoms with van der Waals surface area (Å²) in [6, 6.07) is 3.99. The number of hydrogen-bond donors (Lipinski definition) is 2. The van der Waals surface area contributed by atoms with Gasteiger partial charge in [0.25, 0.3) is 0 Å². The molecule has 2 aromatic rings. The van der Waals surface area contributed by atoms with Crippen molar-refractivity contribution < 1.29 is 4.79 Å². The first-order chi connectivity index (χ1) is 13.4. The highest BCUT2D eigenvalue weighted by Gasteiger charge is 2.57. The van der Waals surface area contributed by atoms with E-state index in [1.807, 2.05) is 20.0 Å². The van der Waals surface area contributed by atoms with Crippen molar-refractivity contribution in [3.8, 4) is 6.07 Å². The van der Waals surface area contributed by atoms with Gasteiger partial charge in [0.15, 0.2) is 0 Å². The van der Waals surface area contributed by atoms with Crippen molar-refractivity contribution in [3.63, 3.8) is 0 Å². The summed E-state index contributed by atoms with van der Waals surface area (Å²) in [4.78, 5) is 23.3. The predicted octanol–water partition coefficient (Wildman–Crippen LogP) is 2.40. The molecule has 1 saturated heterocycles. The first kappa shape index (κ1) is 20.7. The quantitative estimate of drug-likeness (QED) is 0.768. The first-order valence-electron chi connectivity index (χ1n) is 9.48. The van der Waals surface area contributed by atoms with E-state index in [1.54, 1.807) is 28.0 Å². The summed E-state index contributed by atoms with van der Waals surface area (Å²) in [6.45, 7) is 4.96. The van der Waals surface area contributed by atoms with Gasteiger partial charge in [0.2, 0.25) is 11.9 Å². The molecule has 29 heavy (non-hydrogen) atoms. The zero-order valence-corrected chi connectivity index (χ0v) is 16.1. The molecule has 1 amide bonds. The van der Waals surface area contributed by atoms with E-state index in [0.717, 1.165) is 18.5 Å². The maximum atomic E-state index is 13.0. The van der Waals surface area contributed by atoms with Crippen LogP contribution < -0.4 is 16.0 Å². The number of aromatic nitrogens is 4. The molecule has 0 unspecified atom stereocenters. The highest BCUT2D eigenvalue weighted by Crippen LogP contribution is 2.51. The van der Waals surface area contributed by atoms with Crippen LogP contribution in [0.3, 0.4) is 0 Å². The second-order valence-electron chi connectivity index (χ2n) is 8.12. The fourth-order valence-electron chi connectivity index (χ4n) is 3.61. The van der Waals surface area contributed by atoms with Gasteiger partial charge in [-0.3, -0.25) is 14.4 Å². The molecule has 1 aliphatic heterocycles. The Balaban J connectivity index is 0.00000240. The van der Waals surface area contributed by atoms with Crippen molar-refractivity contribution in [3.05, 3.63) is 24.7 Å². The molecular formula is C20H28N8O. The molecule has 0 spiro atoms. The number of nitrogens with one attached hydrogen (secondary N) is 1. The number of nitriles is 1. The molecule has 2 fully saturated rings. The molecule has 0 bridgehead atoms. The van der Waals surface area contributed by atoms with Crippen LogP contribution in [0.25, 0.3) is 0 Å². The molecule has 3 N–H and O–H groups in total. The SMILES string of the molecule is C.CC(C)(CN)n1cc(Nc2nccc(N3CC[C@@](C#N)(C4CC4)C3=O)n2)cn1. The fourth-order valence-corrected chi connectivity index (χ4v) is 3.61. The Labute approximate surface area is 170 Å². The molecule has 1 saturated carbocycles. The molecule has 1 aliphatic carbocycles. The van der Waals surface area contributed by atoms with Crippen molar-refractivity contribution >= 4 is 23.4 Å². The van der Waals surface area contributed by atoms with Crippen LogP contribution in [0.4, 0.5) is 17.5 Å². The Kier molecular flexibility index (Phi) is 5.32. The smallest absolute Gasteiger partial charge is 0.248 e. The molecule has 9 nitrogen and oxygen atoms in total. The van der Waals surface area contributed by atoms with Gasteiger partial charge in [-0.1, -0.05) is 7.43 Å². The molecule has 1 atom stereocenters. The van der Waals surface area contributed by atoms with Gasteiger partial charge in [-0.25, -0.2) is 4.98 Å². The van der Waals surface area contributed by atoms with E-state index in [2.05, 4.69) is 26.5 Å². The summed E-state index contributed by atoms with van der Waals surface area (Å²) in [5, 5.41) is 17.1. The molecule has 4 rings (SSSR count). The highest BCUT2D eigenvalue weighted by atomic mass is 16.2. The van der Waals surface area contributed by atoms with Gasteiger partial charge in [0, 0.05) is 25.5 Å². The zero-order chi connectivity index (χ0) is 19.9. The van der Waals surface area contributed by atoms with E-state index >= 15 is 0 Å². The van der Waals surface area contributed by atoms with Crippen LogP contribution in [0, 0.1) is 22.7 Å². The molecule has 2 aromatic heterocycles. The molecule has 9 heteroatoms. The van der Waals surface area contributed by atoms with Gasteiger partial charge in [-0.15, -0.1) is 0 Å². The van der Waals surface area contributed by atoms with Gasteiger partial charge in [-0.05, 0) is 45.1 Å². The van der Waals surface area contributed by atoms with Gasteiger partial charge < -0.3 is 11.1 Å². The third kappa shape index (κ3) is 3.56. The molecule has 3 heterocycles. The summed E-state index contributed by atoms with van der Waals surface area (Å²) in [6.07, 6.45) is 7.59. The molecule has 2 aliphatic rings. The normalized spacial score (nSPS) is 21.6. The second kappa shape index (κ2) is 7.44. The highest BCUT2D eigenvalue weighted by molar-refractivity contribution is 6.01. The molecule has 154 valence electrons. The van der Waals surface area contributed by atoms with Gasteiger partial charge in [0.1, 0.15) is 11.2 Å². The van der Waals surface area contributed by atoms with Gasteiger partial charge in [0.05, 0.1) is 23.5 Å². The average molecular weight is 396 g/mol. The van der Waals surface area contributed by atoms with Crippen molar-refractivity contribution in [2.24, 2.45) is 17.1 Å². The topological polar surface area (TPSA) is 126 Å². The second-order valence-corrected chi connectivity index (χ2v) is 8.12. The Morgan fingerprint density at radius 1 is 1.45 bits per heavy atom. The Morgan fingerprint density at radius 3 is 2.86 bits per heavy atom. The minimum Gasteiger partial charge on any atom is -0.328 e. The number of anilines is 3. The van der Waals surface area contributed by atoms with Gasteiger partial charge in [-0.2, -0.15) is 15.3 Å². The largest absolute Gasteiger partial charge is 0.328 e. The van der Waals surface area contributed by atoms with Crippen molar-refractivity contribution in [1.82, 2.24) is 19.7 Å². The van der Waals surface area contributed by atoms with E-state index < -0.39 is 5.41 Å². The lowest BCUT2D eigenvalue weighted by atomic mass is 9.83. The average Bonchev–Trinajstić information content (AvgIpc) is 3.34. The molecule has 0 radical (unpaired) electrons. The lowest BCUT2D eigenvalue weighted by molar-refractivity contribution is -0.123. The van der Waals surface area contributed by atoms with Gasteiger partial charge >= 0.3 is 0 Å². The third-order valence-corrected chi connectivity index (χ3v) is 5.71. The lowest BCUT2D eigenvalue weighted by Gasteiger charge is -2.22. The monoisotopic (exact) mass is 396 g/mol. The van der Waals surface area contributed by atoms with Crippen LogP contribution in [-0.4, -0.2) is 38.7 Å². The van der Waals surface area contributed by atoms with E-state index in [4.69, 9.17) is 5.73 Å². The Morgan fingerprint density at radius 2 is 2.21 bits per heavy atom. The van der Waals surface area contributed by atoms with E-state index in [1.165, 1.54) is 0 Å². The number of rotatable bonds is 6. The summed E-state index contributed by atoms with van der Waals surface area (Å²) in [7, 11) is 0. The van der Waals surface area contributed by atoms with Crippen LogP contribution in [0.5, 0.6) is 0 Å². The van der Waals surface area contributed by atoms with Crippen LogP contribution in [-0.2, 0) is 10.3 Å². The van der Waals surface area contributed by atoms with Crippen LogP contribution in [0.15, 0.2) is 24.7 Å². The number of carbonyl (C=O) groups excluding carboxylic acids is 1. The summed E-state index contributed by atoms with van der Waals surface area (Å²) < 4.78 is 1.79. The summed E-state index contributed by atoms with van der Waals surface area (Å²) in [5.74, 6) is 0.928. The van der Waals surface area contributed by atoms with Crippen molar-refractivity contribution in [2.75, 3.05) is 23.3 Å².